The molecule has 0 fully saturated rings. The summed E-state index contributed by atoms with van der Waals surface area (Å²) in [5.41, 5.74) is 7.17. The molecule has 0 saturated heterocycles. The highest BCUT2D eigenvalue weighted by molar-refractivity contribution is 5.88. The second-order valence-electron chi connectivity index (χ2n) is 9.44. The van der Waals surface area contributed by atoms with Crippen LogP contribution in [0.4, 0.5) is 0 Å². The number of benzene rings is 4. The maximum absolute atomic E-state index is 6.51. The molecule has 4 aromatic carbocycles. The van der Waals surface area contributed by atoms with Crippen molar-refractivity contribution in [1.82, 2.24) is 0 Å². The third-order valence-corrected chi connectivity index (χ3v) is 6.00. The van der Waals surface area contributed by atoms with Crippen molar-refractivity contribution in [3.05, 3.63) is 126 Å². The summed E-state index contributed by atoms with van der Waals surface area (Å²) in [6.07, 6.45) is 0. The molecule has 34 heavy (non-hydrogen) atoms. The van der Waals surface area contributed by atoms with Gasteiger partial charge in [0.1, 0.15) is 18.1 Å². The second-order valence-corrected chi connectivity index (χ2v) is 9.44. The SMILES string of the molecule is C=C(c1cccc(-c2ccccc2)c1OC)c1cccc(C(C)(C)C)c1OCc1ccccc1. The summed E-state index contributed by atoms with van der Waals surface area (Å²) < 4.78 is 12.4. The molecule has 0 heterocycles. The van der Waals surface area contributed by atoms with Gasteiger partial charge in [-0.15, -0.1) is 0 Å². The molecule has 0 bridgehead atoms. The average molecular weight is 449 g/mol. The summed E-state index contributed by atoms with van der Waals surface area (Å²) in [6, 6.07) is 33.1. The Hall–Kier alpha value is -3.78. The first kappa shape index (κ1) is 23.4. The minimum atomic E-state index is -0.0850. The van der Waals surface area contributed by atoms with Crippen LogP contribution in [-0.2, 0) is 12.0 Å². The smallest absolute Gasteiger partial charge is 0.134 e. The van der Waals surface area contributed by atoms with Crippen LogP contribution >= 0.6 is 0 Å². The van der Waals surface area contributed by atoms with Gasteiger partial charge in [0.25, 0.3) is 0 Å². The second kappa shape index (κ2) is 10.0. The Kier molecular flexibility index (Phi) is 6.88. The van der Waals surface area contributed by atoms with Crippen molar-refractivity contribution in [2.45, 2.75) is 32.8 Å². The van der Waals surface area contributed by atoms with E-state index in [1.807, 2.05) is 36.4 Å². The highest BCUT2D eigenvalue weighted by Crippen LogP contribution is 2.43. The molecule has 0 aromatic heterocycles. The van der Waals surface area contributed by atoms with Crippen LogP contribution in [-0.4, -0.2) is 7.11 Å². The van der Waals surface area contributed by atoms with Crippen molar-refractivity contribution < 1.29 is 9.47 Å². The van der Waals surface area contributed by atoms with Crippen molar-refractivity contribution in [2.75, 3.05) is 7.11 Å². The molecule has 0 spiro atoms. The van der Waals surface area contributed by atoms with E-state index >= 15 is 0 Å². The van der Waals surface area contributed by atoms with Gasteiger partial charge in [-0.1, -0.05) is 124 Å². The van der Waals surface area contributed by atoms with Gasteiger partial charge < -0.3 is 9.47 Å². The van der Waals surface area contributed by atoms with Gasteiger partial charge in [0, 0.05) is 22.3 Å². The van der Waals surface area contributed by atoms with Crippen LogP contribution in [0.5, 0.6) is 11.5 Å². The first-order chi connectivity index (χ1) is 16.4. The van der Waals surface area contributed by atoms with Gasteiger partial charge in [0.15, 0.2) is 0 Å². The zero-order valence-electron chi connectivity index (χ0n) is 20.5. The highest BCUT2D eigenvalue weighted by atomic mass is 16.5. The van der Waals surface area contributed by atoms with Gasteiger partial charge in [-0.3, -0.25) is 0 Å². The number of hydrogen-bond acceptors (Lipinski definition) is 2. The fourth-order valence-electron chi connectivity index (χ4n) is 4.24. The van der Waals surface area contributed by atoms with Crippen molar-refractivity contribution in [2.24, 2.45) is 0 Å². The largest absolute Gasteiger partial charge is 0.495 e. The molecule has 0 aliphatic heterocycles. The summed E-state index contributed by atoms with van der Waals surface area (Å²) in [5.74, 6) is 1.69. The Morgan fingerprint density at radius 2 is 1.29 bits per heavy atom. The zero-order valence-corrected chi connectivity index (χ0v) is 20.5. The Labute approximate surface area is 203 Å². The topological polar surface area (TPSA) is 18.5 Å². The van der Waals surface area contributed by atoms with Crippen LogP contribution in [0.15, 0.2) is 104 Å². The predicted molar refractivity (Wildman–Crippen MR) is 142 cm³/mol. The van der Waals surface area contributed by atoms with E-state index in [0.29, 0.717) is 6.61 Å². The molecule has 172 valence electrons. The summed E-state index contributed by atoms with van der Waals surface area (Å²) in [6.45, 7) is 11.6. The van der Waals surface area contributed by atoms with Crippen LogP contribution in [0, 0.1) is 0 Å². The van der Waals surface area contributed by atoms with Gasteiger partial charge >= 0.3 is 0 Å². The zero-order chi connectivity index (χ0) is 24.1. The third kappa shape index (κ3) is 4.92. The van der Waals surface area contributed by atoms with Gasteiger partial charge in [0.2, 0.25) is 0 Å². The summed E-state index contributed by atoms with van der Waals surface area (Å²) in [4.78, 5) is 0. The van der Waals surface area contributed by atoms with Gasteiger partial charge in [-0.2, -0.15) is 0 Å². The summed E-state index contributed by atoms with van der Waals surface area (Å²) in [5, 5.41) is 0. The summed E-state index contributed by atoms with van der Waals surface area (Å²) in [7, 11) is 1.72. The fourth-order valence-corrected chi connectivity index (χ4v) is 4.24. The molecule has 0 saturated carbocycles. The molecular formula is C32H32O2. The molecule has 0 atom stereocenters. The van der Waals surface area contributed by atoms with E-state index in [0.717, 1.165) is 50.5 Å². The molecule has 0 aliphatic carbocycles. The molecule has 0 unspecified atom stereocenters. The molecule has 0 radical (unpaired) electrons. The van der Waals surface area contributed by atoms with E-state index in [4.69, 9.17) is 9.47 Å². The van der Waals surface area contributed by atoms with E-state index < -0.39 is 0 Å². The molecule has 0 amide bonds. The first-order valence-corrected chi connectivity index (χ1v) is 11.6. The van der Waals surface area contributed by atoms with Crippen LogP contribution in [0.2, 0.25) is 0 Å². The van der Waals surface area contributed by atoms with Crippen LogP contribution in [0.1, 0.15) is 43.0 Å². The lowest BCUT2D eigenvalue weighted by molar-refractivity contribution is 0.296. The molecule has 4 rings (SSSR count). The highest BCUT2D eigenvalue weighted by Gasteiger charge is 2.24. The monoisotopic (exact) mass is 448 g/mol. The van der Waals surface area contributed by atoms with Crippen LogP contribution < -0.4 is 9.47 Å². The van der Waals surface area contributed by atoms with Gasteiger partial charge in [-0.25, -0.2) is 0 Å². The molecule has 2 nitrogen and oxygen atoms in total. The Balaban J connectivity index is 1.81. The maximum Gasteiger partial charge on any atom is 0.134 e. The minimum absolute atomic E-state index is 0.0850. The predicted octanol–water partition coefficient (Wildman–Crippen LogP) is 8.30. The maximum atomic E-state index is 6.51. The lowest BCUT2D eigenvalue weighted by atomic mass is 9.83. The number of methoxy groups -OCH3 is 1. The fraction of sp³-hybridized carbons (Fsp3) is 0.188. The molecule has 2 heteroatoms. The van der Waals surface area contributed by atoms with Gasteiger partial charge in [0.05, 0.1) is 7.11 Å². The Bertz CT molecular complexity index is 1270. The Morgan fingerprint density at radius 3 is 1.91 bits per heavy atom. The van der Waals surface area contributed by atoms with Crippen LogP contribution in [0.3, 0.4) is 0 Å². The number of ether oxygens (including phenoxy) is 2. The van der Waals surface area contributed by atoms with Crippen LogP contribution in [0.25, 0.3) is 16.7 Å². The standard InChI is InChI=1S/C32H32O2/c1-23(26-18-12-20-28(30(26)33-5)25-16-10-7-11-17-25)27-19-13-21-29(32(2,3)4)31(27)34-22-24-14-8-6-9-15-24/h6-21H,1,22H2,2-5H3. The first-order valence-electron chi connectivity index (χ1n) is 11.6. The number of rotatable bonds is 7. The van der Waals surface area contributed by atoms with Crippen molar-refractivity contribution in [3.63, 3.8) is 0 Å². The molecule has 0 N–H and O–H groups in total. The quantitative estimate of drug-likeness (QED) is 0.283. The number of hydrogen-bond donors (Lipinski definition) is 0. The lowest BCUT2D eigenvalue weighted by Gasteiger charge is -2.26. The minimum Gasteiger partial charge on any atom is -0.495 e. The van der Waals surface area contributed by atoms with Crippen molar-refractivity contribution >= 4 is 5.57 Å². The third-order valence-electron chi connectivity index (χ3n) is 6.00. The molecular weight excluding hydrogens is 416 g/mol. The van der Waals surface area contributed by atoms with E-state index in [2.05, 4.69) is 88.0 Å². The molecule has 4 aromatic rings. The van der Waals surface area contributed by atoms with E-state index in [1.165, 1.54) is 0 Å². The lowest BCUT2D eigenvalue weighted by Crippen LogP contribution is -2.15. The van der Waals surface area contributed by atoms with E-state index in [9.17, 15) is 0 Å². The summed E-state index contributed by atoms with van der Waals surface area (Å²) >= 11 is 0. The van der Waals surface area contributed by atoms with E-state index in [-0.39, 0.29) is 5.41 Å². The normalized spacial score (nSPS) is 11.2. The van der Waals surface area contributed by atoms with E-state index in [1.54, 1.807) is 7.11 Å². The number of para-hydroxylation sites is 2. The van der Waals surface area contributed by atoms with Crippen molar-refractivity contribution in [3.8, 4) is 22.6 Å². The Morgan fingerprint density at radius 1 is 0.706 bits per heavy atom. The average Bonchev–Trinajstić information content (AvgIpc) is 2.87. The molecule has 0 aliphatic rings. The van der Waals surface area contributed by atoms with Gasteiger partial charge in [-0.05, 0) is 22.1 Å². The van der Waals surface area contributed by atoms with Crippen molar-refractivity contribution in [1.29, 1.82) is 0 Å².